The first-order valence-electron chi connectivity index (χ1n) is 9.22. The Kier molecular flexibility index (Phi) is 4.26. The van der Waals surface area contributed by atoms with Gasteiger partial charge in [-0.1, -0.05) is 0 Å². The van der Waals surface area contributed by atoms with Gasteiger partial charge in [-0.25, -0.2) is 0 Å². The number of hydrogen-bond donors (Lipinski definition) is 1. The number of aromatic amines is 1. The first-order chi connectivity index (χ1) is 12.6. The molecule has 138 valence electrons. The van der Waals surface area contributed by atoms with Crippen LogP contribution in [-0.4, -0.2) is 49.8 Å². The molecule has 2 aromatic rings. The van der Waals surface area contributed by atoms with Crippen LogP contribution in [0.4, 0.5) is 5.69 Å². The predicted molar refractivity (Wildman–Crippen MR) is 95.3 cm³/mol. The minimum atomic E-state index is -0.279. The van der Waals surface area contributed by atoms with Crippen LogP contribution >= 0.6 is 0 Å². The zero-order chi connectivity index (χ0) is 18.3. The SMILES string of the molecule is CCN1C(=O)CC[C@H](C(=O)N2CCCc3[nH]ncc32)[C@H]1c1ccnn1C. The molecule has 1 fully saturated rings. The quantitative estimate of drug-likeness (QED) is 0.901. The summed E-state index contributed by atoms with van der Waals surface area (Å²) in [6, 6.07) is 1.63. The van der Waals surface area contributed by atoms with E-state index in [0.29, 0.717) is 25.9 Å². The number of rotatable bonds is 3. The van der Waals surface area contributed by atoms with Crippen molar-refractivity contribution in [3.63, 3.8) is 0 Å². The lowest BCUT2D eigenvalue weighted by atomic mass is 9.85. The molecular weight excluding hydrogens is 332 g/mol. The van der Waals surface area contributed by atoms with E-state index >= 15 is 0 Å². The third kappa shape index (κ3) is 2.60. The molecule has 4 rings (SSSR count). The number of aromatic nitrogens is 4. The third-order valence-corrected chi connectivity index (χ3v) is 5.59. The molecule has 2 aliphatic heterocycles. The van der Waals surface area contributed by atoms with Crippen molar-refractivity contribution in [1.29, 1.82) is 0 Å². The topological polar surface area (TPSA) is 87.1 Å². The molecule has 0 aliphatic carbocycles. The number of carbonyl (C=O) groups excluding carboxylic acids is 2. The van der Waals surface area contributed by atoms with E-state index in [-0.39, 0.29) is 23.8 Å². The first-order valence-corrected chi connectivity index (χ1v) is 9.22. The number of fused-ring (bicyclic) bond motifs is 1. The van der Waals surface area contributed by atoms with Crippen LogP contribution in [-0.2, 0) is 23.1 Å². The Morgan fingerprint density at radius 1 is 1.38 bits per heavy atom. The molecule has 0 unspecified atom stereocenters. The Morgan fingerprint density at radius 2 is 2.23 bits per heavy atom. The highest BCUT2D eigenvalue weighted by atomic mass is 16.2. The highest BCUT2D eigenvalue weighted by Gasteiger charge is 2.43. The van der Waals surface area contributed by atoms with Crippen molar-refractivity contribution in [2.75, 3.05) is 18.0 Å². The van der Waals surface area contributed by atoms with Crippen LogP contribution in [0, 0.1) is 5.92 Å². The van der Waals surface area contributed by atoms with Gasteiger partial charge in [-0.3, -0.25) is 19.4 Å². The van der Waals surface area contributed by atoms with Gasteiger partial charge in [0.25, 0.3) is 0 Å². The van der Waals surface area contributed by atoms with E-state index in [2.05, 4.69) is 15.3 Å². The number of likely N-dealkylation sites (tertiary alicyclic amines) is 1. The number of amides is 2. The van der Waals surface area contributed by atoms with Gasteiger partial charge >= 0.3 is 0 Å². The van der Waals surface area contributed by atoms with Crippen LogP contribution in [0.3, 0.4) is 0 Å². The molecule has 2 atom stereocenters. The standard InChI is InChI=1S/C18H24N6O2/c1-3-23-16(25)7-6-12(17(23)14-8-9-20-22(14)2)18(26)24-10-4-5-13-15(24)11-19-21-13/h8-9,11-12,17H,3-7,10H2,1-2H3,(H,19,21)/t12-,17-/m0/s1. The van der Waals surface area contributed by atoms with Crippen LogP contribution in [0.15, 0.2) is 18.5 Å². The highest BCUT2D eigenvalue weighted by molar-refractivity contribution is 5.97. The summed E-state index contributed by atoms with van der Waals surface area (Å²) in [6.07, 6.45) is 6.25. The van der Waals surface area contributed by atoms with Crippen molar-refractivity contribution in [3.05, 3.63) is 29.8 Å². The Labute approximate surface area is 152 Å². The summed E-state index contributed by atoms with van der Waals surface area (Å²) >= 11 is 0. The van der Waals surface area contributed by atoms with Crippen molar-refractivity contribution in [2.45, 2.75) is 38.6 Å². The van der Waals surface area contributed by atoms with E-state index in [0.717, 1.165) is 29.9 Å². The van der Waals surface area contributed by atoms with Crippen molar-refractivity contribution in [2.24, 2.45) is 13.0 Å². The Balaban J connectivity index is 1.71. The summed E-state index contributed by atoms with van der Waals surface area (Å²) in [7, 11) is 1.86. The van der Waals surface area contributed by atoms with Gasteiger partial charge in [-0.2, -0.15) is 10.2 Å². The van der Waals surface area contributed by atoms with Crippen LogP contribution in [0.25, 0.3) is 0 Å². The number of nitrogens with zero attached hydrogens (tertiary/aromatic N) is 5. The number of anilines is 1. The fourth-order valence-electron chi connectivity index (χ4n) is 4.31. The average Bonchev–Trinajstić information content (AvgIpc) is 3.29. The number of piperidine rings is 1. The second-order valence-electron chi connectivity index (χ2n) is 6.98. The van der Waals surface area contributed by atoms with Crippen molar-refractivity contribution in [1.82, 2.24) is 24.9 Å². The largest absolute Gasteiger partial charge is 0.334 e. The zero-order valence-corrected chi connectivity index (χ0v) is 15.2. The minimum absolute atomic E-state index is 0.0736. The molecule has 0 aromatic carbocycles. The highest BCUT2D eigenvalue weighted by Crippen LogP contribution is 2.39. The summed E-state index contributed by atoms with van der Waals surface area (Å²) in [4.78, 5) is 29.7. The molecule has 2 amide bonds. The van der Waals surface area contributed by atoms with Crippen LogP contribution in [0.5, 0.6) is 0 Å². The fraction of sp³-hybridized carbons (Fsp3) is 0.556. The molecule has 8 nitrogen and oxygen atoms in total. The molecular formula is C18H24N6O2. The van der Waals surface area contributed by atoms with Crippen molar-refractivity contribution < 1.29 is 9.59 Å². The molecule has 0 saturated carbocycles. The third-order valence-electron chi connectivity index (χ3n) is 5.59. The van der Waals surface area contributed by atoms with Crippen molar-refractivity contribution in [3.8, 4) is 0 Å². The normalized spacial score (nSPS) is 23.2. The van der Waals surface area contributed by atoms with Gasteiger partial charge < -0.3 is 9.80 Å². The maximum Gasteiger partial charge on any atom is 0.232 e. The Bertz CT molecular complexity index is 825. The van der Waals surface area contributed by atoms with E-state index < -0.39 is 0 Å². The van der Waals surface area contributed by atoms with Gasteiger partial charge in [0.05, 0.1) is 35.2 Å². The summed E-state index contributed by atoms with van der Waals surface area (Å²) in [5.41, 5.74) is 2.80. The van der Waals surface area contributed by atoms with E-state index in [4.69, 9.17) is 0 Å². The van der Waals surface area contributed by atoms with Gasteiger partial charge in [-0.15, -0.1) is 0 Å². The van der Waals surface area contributed by atoms with Gasteiger partial charge in [0.2, 0.25) is 11.8 Å². The fourth-order valence-corrected chi connectivity index (χ4v) is 4.31. The summed E-state index contributed by atoms with van der Waals surface area (Å²) in [5, 5.41) is 11.4. The van der Waals surface area contributed by atoms with Crippen molar-refractivity contribution >= 4 is 17.5 Å². The van der Waals surface area contributed by atoms with Crippen LogP contribution < -0.4 is 4.90 Å². The van der Waals surface area contributed by atoms with Gasteiger partial charge in [0, 0.05) is 32.8 Å². The molecule has 26 heavy (non-hydrogen) atoms. The molecule has 2 aromatic heterocycles. The Hall–Kier alpha value is -2.64. The van der Waals surface area contributed by atoms with E-state index in [1.807, 2.05) is 29.8 Å². The second kappa shape index (κ2) is 6.59. The molecule has 0 spiro atoms. The zero-order valence-electron chi connectivity index (χ0n) is 15.2. The molecule has 4 heterocycles. The lowest BCUT2D eigenvalue weighted by Crippen LogP contribution is -2.50. The molecule has 0 radical (unpaired) electrons. The van der Waals surface area contributed by atoms with Crippen LogP contribution in [0.2, 0.25) is 0 Å². The Morgan fingerprint density at radius 3 is 2.96 bits per heavy atom. The molecule has 8 heteroatoms. The first kappa shape index (κ1) is 16.8. The maximum atomic E-state index is 13.5. The summed E-state index contributed by atoms with van der Waals surface area (Å²) in [5.74, 6) is -0.0983. The number of H-pyrrole nitrogens is 1. The van der Waals surface area contributed by atoms with E-state index in [1.54, 1.807) is 17.1 Å². The maximum absolute atomic E-state index is 13.5. The van der Waals surface area contributed by atoms with Gasteiger partial charge in [0.1, 0.15) is 0 Å². The summed E-state index contributed by atoms with van der Waals surface area (Å²) < 4.78 is 1.77. The molecule has 2 aliphatic rings. The van der Waals surface area contributed by atoms with Gasteiger partial charge in [-0.05, 0) is 32.3 Å². The average molecular weight is 356 g/mol. The lowest BCUT2D eigenvalue weighted by molar-refractivity contribution is -0.142. The number of aryl methyl sites for hydroxylation is 2. The van der Waals surface area contributed by atoms with Gasteiger partial charge in [0.15, 0.2) is 0 Å². The predicted octanol–water partition coefficient (Wildman–Crippen LogP) is 1.42. The van der Waals surface area contributed by atoms with Crippen LogP contribution in [0.1, 0.15) is 43.6 Å². The molecule has 1 N–H and O–H groups in total. The minimum Gasteiger partial charge on any atom is -0.334 e. The van der Waals surface area contributed by atoms with E-state index in [1.165, 1.54) is 0 Å². The second-order valence-corrected chi connectivity index (χ2v) is 6.98. The number of carbonyl (C=O) groups is 2. The lowest BCUT2D eigenvalue weighted by Gasteiger charge is -2.42. The van der Waals surface area contributed by atoms with E-state index in [9.17, 15) is 9.59 Å². The number of hydrogen-bond acceptors (Lipinski definition) is 4. The summed E-state index contributed by atoms with van der Waals surface area (Å²) in [6.45, 7) is 3.23. The number of nitrogens with one attached hydrogen (secondary N) is 1. The molecule has 1 saturated heterocycles. The monoisotopic (exact) mass is 356 g/mol. The smallest absolute Gasteiger partial charge is 0.232 e. The molecule has 0 bridgehead atoms.